The van der Waals surface area contributed by atoms with Gasteiger partial charge in [0.25, 0.3) is 0 Å². The van der Waals surface area contributed by atoms with E-state index in [1.54, 1.807) is 16.9 Å². The molecular weight excluding hydrogens is 308 g/mol. The number of fused-ring (bicyclic) bond motifs is 1. The lowest BCUT2D eigenvalue weighted by Gasteiger charge is -2.00. The molecule has 0 atom stereocenters. The molecule has 0 amide bonds. The van der Waals surface area contributed by atoms with Crippen LogP contribution in [0.5, 0.6) is 0 Å². The molecular formula is C17H14N4OS. The van der Waals surface area contributed by atoms with Gasteiger partial charge in [0.05, 0.1) is 18.0 Å². The van der Waals surface area contributed by atoms with Crippen LogP contribution >= 0.6 is 11.3 Å². The van der Waals surface area contributed by atoms with E-state index in [9.17, 15) is 5.11 Å². The minimum absolute atomic E-state index is 0.115. The standard InChI is InChI=1S/C17H14N4OS/c1-11-3-2-4-13(9-11)16-20-21-14(10-22)15(19-17(21)23-16)12-5-7-18-8-6-12/h2-9,22H,10H2,1H3. The van der Waals surface area contributed by atoms with Gasteiger partial charge in [-0.15, -0.1) is 0 Å². The van der Waals surface area contributed by atoms with Crippen molar-refractivity contribution in [3.63, 3.8) is 0 Å². The van der Waals surface area contributed by atoms with Crippen molar-refractivity contribution in [3.05, 3.63) is 60.0 Å². The summed E-state index contributed by atoms with van der Waals surface area (Å²) < 4.78 is 1.73. The van der Waals surface area contributed by atoms with Gasteiger partial charge in [0.1, 0.15) is 5.01 Å². The van der Waals surface area contributed by atoms with Crippen molar-refractivity contribution in [1.82, 2.24) is 19.6 Å². The van der Waals surface area contributed by atoms with Crippen LogP contribution in [0.3, 0.4) is 0 Å². The van der Waals surface area contributed by atoms with Crippen molar-refractivity contribution in [3.8, 4) is 21.8 Å². The molecule has 114 valence electrons. The molecule has 4 aromatic rings. The molecule has 6 heteroatoms. The van der Waals surface area contributed by atoms with Crippen LogP contribution in [0.25, 0.3) is 26.8 Å². The number of benzene rings is 1. The van der Waals surface area contributed by atoms with Crippen LogP contribution in [0.2, 0.25) is 0 Å². The van der Waals surface area contributed by atoms with Gasteiger partial charge in [-0.3, -0.25) is 4.98 Å². The van der Waals surface area contributed by atoms with Crippen LogP contribution in [0.15, 0.2) is 48.8 Å². The number of aromatic nitrogens is 4. The van der Waals surface area contributed by atoms with E-state index in [2.05, 4.69) is 34.1 Å². The second-order valence-electron chi connectivity index (χ2n) is 5.27. The SMILES string of the molecule is Cc1cccc(-c2nn3c(CO)c(-c4ccncc4)nc3s2)c1. The molecule has 3 heterocycles. The van der Waals surface area contributed by atoms with Crippen molar-refractivity contribution < 1.29 is 5.11 Å². The third kappa shape index (κ3) is 2.42. The number of rotatable bonds is 3. The van der Waals surface area contributed by atoms with Crippen molar-refractivity contribution in [2.45, 2.75) is 13.5 Å². The van der Waals surface area contributed by atoms with Crippen molar-refractivity contribution in [2.75, 3.05) is 0 Å². The Morgan fingerprint density at radius 3 is 2.70 bits per heavy atom. The summed E-state index contributed by atoms with van der Waals surface area (Å²) in [6.45, 7) is 1.94. The van der Waals surface area contributed by atoms with E-state index < -0.39 is 0 Å². The third-order valence-corrected chi connectivity index (χ3v) is 4.62. The van der Waals surface area contributed by atoms with Crippen LogP contribution in [-0.2, 0) is 6.61 Å². The maximum absolute atomic E-state index is 9.78. The highest BCUT2D eigenvalue weighted by Gasteiger charge is 2.17. The Hall–Kier alpha value is -2.57. The quantitative estimate of drug-likeness (QED) is 0.628. The minimum atomic E-state index is -0.115. The topological polar surface area (TPSA) is 63.3 Å². The van der Waals surface area contributed by atoms with Crippen LogP contribution in [0.4, 0.5) is 0 Å². The zero-order chi connectivity index (χ0) is 15.8. The molecule has 0 aliphatic heterocycles. The van der Waals surface area contributed by atoms with Gasteiger partial charge in [0.15, 0.2) is 0 Å². The molecule has 23 heavy (non-hydrogen) atoms. The minimum Gasteiger partial charge on any atom is -0.390 e. The molecule has 5 nitrogen and oxygen atoms in total. The molecule has 3 aromatic heterocycles. The lowest BCUT2D eigenvalue weighted by molar-refractivity contribution is 0.275. The van der Waals surface area contributed by atoms with Gasteiger partial charge in [-0.2, -0.15) is 5.10 Å². The fourth-order valence-corrected chi connectivity index (χ4v) is 3.48. The van der Waals surface area contributed by atoms with Gasteiger partial charge in [-0.25, -0.2) is 9.50 Å². The molecule has 0 unspecified atom stereocenters. The normalized spacial score (nSPS) is 11.2. The Morgan fingerprint density at radius 1 is 1.13 bits per heavy atom. The second-order valence-corrected chi connectivity index (χ2v) is 6.23. The Balaban J connectivity index is 1.87. The molecule has 0 radical (unpaired) electrons. The highest BCUT2D eigenvalue weighted by Crippen LogP contribution is 2.31. The second kappa shape index (κ2) is 5.57. The van der Waals surface area contributed by atoms with Gasteiger partial charge >= 0.3 is 0 Å². The fraction of sp³-hybridized carbons (Fsp3) is 0.118. The predicted octanol–water partition coefficient (Wildman–Crippen LogP) is 3.32. The lowest BCUT2D eigenvalue weighted by Crippen LogP contribution is -1.96. The number of pyridine rings is 1. The predicted molar refractivity (Wildman–Crippen MR) is 90.2 cm³/mol. The number of aliphatic hydroxyl groups excluding tert-OH is 1. The molecule has 0 aliphatic rings. The number of nitrogens with zero attached hydrogens (tertiary/aromatic N) is 4. The number of aliphatic hydroxyl groups is 1. The first-order valence-electron chi connectivity index (χ1n) is 7.23. The molecule has 0 saturated heterocycles. The van der Waals surface area contributed by atoms with Crippen LogP contribution < -0.4 is 0 Å². The first kappa shape index (κ1) is 14.0. The maximum Gasteiger partial charge on any atom is 0.213 e. The van der Waals surface area contributed by atoms with E-state index >= 15 is 0 Å². The zero-order valence-electron chi connectivity index (χ0n) is 12.5. The van der Waals surface area contributed by atoms with E-state index in [4.69, 9.17) is 0 Å². The molecule has 0 fully saturated rings. The van der Waals surface area contributed by atoms with E-state index in [0.717, 1.165) is 26.8 Å². The van der Waals surface area contributed by atoms with Gasteiger partial charge in [0.2, 0.25) is 4.96 Å². The maximum atomic E-state index is 9.78. The number of hydrogen-bond donors (Lipinski definition) is 1. The molecule has 0 bridgehead atoms. The van der Waals surface area contributed by atoms with Crippen molar-refractivity contribution in [2.24, 2.45) is 0 Å². The Bertz CT molecular complexity index is 975. The first-order chi connectivity index (χ1) is 11.3. The van der Waals surface area contributed by atoms with E-state index in [-0.39, 0.29) is 6.61 Å². The smallest absolute Gasteiger partial charge is 0.213 e. The number of imidazole rings is 1. The van der Waals surface area contributed by atoms with Crippen LogP contribution in [0.1, 0.15) is 11.3 Å². The summed E-state index contributed by atoms with van der Waals surface area (Å²) >= 11 is 1.52. The lowest BCUT2D eigenvalue weighted by atomic mass is 10.1. The number of hydrogen-bond acceptors (Lipinski definition) is 5. The zero-order valence-corrected chi connectivity index (χ0v) is 13.3. The fourth-order valence-electron chi connectivity index (χ4n) is 2.57. The van der Waals surface area contributed by atoms with Gasteiger partial charge < -0.3 is 5.11 Å². The average Bonchev–Trinajstić information content (AvgIpc) is 3.13. The summed E-state index contributed by atoms with van der Waals surface area (Å²) in [7, 11) is 0. The first-order valence-corrected chi connectivity index (χ1v) is 8.04. The summed E-state index contributed by atoms with van der Waals surface area (Å²) in [6.07, 6.45) is 3.44. The Labute approximate surface area is 136 Å². The van der Waals surface area contributed by atoms with Crippen LogP contribution in [-0.4, -0.2) is 24.7 Å². The monoisotopic (exact) mass is 322 g/mol. The molecule has 0 aliphatic carbocycles. The summed E-state index contributed by atoms with van der Waals surface area (Å²) in [6, 6.07) is 12.0. The Morgan fingerprint density at radius 2 is 1.96 bits per heavy atom. The summed E-state index contributed by atoms with van der Waals surface area (Å²) in [4.78, 5) is 9.45. The highest BCUT2D eigenvalue weighted by molar-refractivity contribution is 7.19. The van der Waals surface area contributed by atoms with Gasteiger partial charge in [-0.05, 0) is 25.1 Å². The van der Waals surface area contributed by atoms with Crippen molar-refractivity contribution in [1.29, 1.82) is 0 Å². The van der Waals surface area contributed by atoms with Crippen molar-refractivity contribution >= 4 is 16.3 Å². The van der Waals surface area contributed by atoms with Gasteiger partial charge in [-0.1, -0.05) is 35.1 Å². The third-order valence-electron chi connectivity index (χ3n) is 3.66. The van der Waals surface area contributed by atoms with Crippen LogP contribution in [0, 0.1) is 6.92 Å². The molecule has 4 rings (SSSR count). The molecule has 1 aromatic carbocycles. The summed E-state index contributed by atoms with van der Waals surface area (Å²) in [5.41, 5.74) is 4.63. The largest absolute Gasteiger partial charge is 0.390 e. The summed E-state index contributed by atoms with van der Waals surface area (Å²) in [5, 5.41) is 15.3. The van der Waals surface area contributed by atoms with E-state index in [1.807, 2.05) is 24.3 Å². The van der Waals surface area contributed by atoms with Gasteiger partial charge in [0, 0.05) is 23.5 Å². The van der Waals surface area contributed by atoms with E-state index in [1.165, 1.54) is 16.9 Å². The average molecular weight is 322 g/mol. The summed E-state index contributed by atoms with van der Waals surface area (Å²) in [5.74, 6) is 0. The van der Waals surface area contributed by atoms with E-state index in [0.29, 0.717) is 5.69 Å². The molecule has 0 saturated carbocycles. The highest BCUT2D eigenvalue weighted by atomic mass is 32.1. The number of aryl methyl sites for hydroxylation is 1. The Kier molecular flexibility index (Phi) is 3.40. The molecule has 1 N–H and O–H groups in total. The molecule has 0 spiro atoms.